The molecule has 3 nitrogen and oxygen atoms in total. The van der Waals surface area contributed by atoms with E-state index in [4.69, 9.17) is 8.44 Å². The summed E-state index contributed by atoms with van der Waals surface area (Å²) >= 11 is -3.27. The molecule has 0 amide bonds. The van der Waals surface area contributed by atoms with Gasteiger partial charge in [0.15, 0.2) is 0 Å². The molecule has 0 aliphatic heterocycles. The molecule has 0 saturated heterocycles. The molecule has 0 saturated carbocycles. The van der Waals surface area contributed by atoms with Crippen molar-refractivity contribution < 1.29 is 30.0 Å². The first-order chi connectivity index (χ1) is 8.31. The van der Waals surface area contributed by atoms with E-state index in [9.17, 15) is 0 Å². The molecule has 0 aromatic carbocycles. The van der Waals surface area contributed by atoms with Gasteiger partial charge >= 0.3 is 120 Å². The fraction of sp³-hybridized carbons (Fsp3) is 1.00. The van der Waals surface area contributed by atoms with Gasteiger partial charge in [0.25, 0.3) is 0 Å². The monoisotopic (exact) mass is 338 g/mol. The third-order valence-electron chi connectivity index (χ3n) is 2.34. The molecule has 0 N–H and O–H groups in total. The molecule has 110 valence electrons. The molecule has 0 radical (unpaired) electrons. The molecule has 0 aromatic rings. The molecule has 0 aliphatic carbocycles. The topological polar surface area (TPSA) is 27.7 Å². The van der Waals surface area contributed by atoms with E-state index < -0.39 is 21.6 Å². The molecule has 0 bridgehead atoms. The molecule has 0 aromatic heterocycles. The van der Waals surface area contributed by atoms with E-state index in [1.807, 2.05) is 0 Å². The van der Waals surface area contributed by atoms with Crippen molar-refractivity contribution >= 4 is 0 Å². The van der Waals surface area contributed by atoms with Crippen molar-refractivity contribution in [3.8, 4) is 0 Å². The molecule has 0 spiro atoms. The van der Waals surface area contributed by atoms with Crippen LogP contribution in [0, 0.1) is 17.8 Å². The van der Waals surface area contributed by atoms with E-state index in [2.05, 4.69) is 48.5 Å². The quantitative estimate of drug-likeness (QED) is 0.592. The van der Waals surface area contributed by atoms with Gasteiger partial charge in [-0.1, -0.05) is 0 Å². The Labute approximate surface area is 120 Å². The summed E-state index contributed by atoms with van der Waals surface area (Å²) in [5.74, 6) is 1.58. The summed E-state index contributed by atoms with van der Waals surface area (Å²) in [5.41, 5.74) is 0. The van der Waals surface area contributed by atoms with Crippen LogP contribution in [0.15, 0.2) is 0 Å². The van der Waals surface area contributed by atoms with Gasteiger partial charge in [0.2, 0.25) is 0 Å². The first-order valence-electron chi connectivity index (χ1n) is 7.23. The van der Waals surface area contributed by atoms with Crippen LogP contribution < -0.4 is 0 Å². The molecular weight excluding hydrogens is 307 g/mol. The van der Waals surface area contributed by atoms with Gasteiger partial charge in [-0.05, 0) is 0 Å². The average Bonchev–Trinajstić information content (AvgIpc) is 2.28. The van der Waals surface area contributed by atoms with Crippen LogP contribution in [-0.2, 0) is 30.0 Å². The summed E-state index contributed by atoms with van der Waals surface area (Å²) in [7, 11) is 0. The first-order valence-corrected chi connectivity index (χ1v) is 12.0. The van der Waals surface area contributed by atoms with Crippen molar-refractivity contribution in [2.75, 3.05) is 19.8 Å². The Kier molecular flexibility index (Phi) is 10.0. The average molecular weight is 340 g/mol. The van der Waals surface area contributed by atoms with Crippen molar-refractivity contribution in [3.05, 3.63) is 0 Å². The van der Waals surface area contributed by atoms with Gasteiger partial charge < -0.3 is 0 Å². The predicted molar refractivity (Wildman–Crippen MR) is 72.9 cm³/mol. The summed E-state index contributed by atoms with van der Waals surface area (Å²) in [6, 6.07) is 0. The first kappa shape index (κ1) is 18.8. The molecule has 0 aliphatic rings. The summed E-state index contributed by atoms with van der Waals surface area (Å²) in [6.07, 6.45) is 0. The van der Waals surface area contributed by atoms with Crippen LogP contribution in [0.25, 0.3) is 0 Å². The molecule has 0 atom stereocenters. The summed E-state index contributed by atoms with van der Waals surface area (Å²) in [6.45, 7) is 17.4. The SMILES string of the molecule is C[CH2][Zr]([O]CC(C)C)([O]CC(C)C)[O]CC(C)C. The normalized spacial score (nSPS) is 13.0. The fourth-order valence-electron chi connectivity index (χ4n) is 1.31. The molecular formula is C14H32O3Zr. The number of hydrogen-bond acceptors (Lipinski definition) is 3. The van der Waals surface area contributed by atoms with E-state index >= 15 is 0 Å². The molecule has 0 fully saturated rings. The maximum absolute atomic E-state index is 6.11. The molecule has 18 heavy (non-hydrogen) atoms. The van der Waals surface area contributed by atoms with Gasteiger partial charge in [0.05, 0.1) is 0 Å². The minimum absolute atomic E-state index is 0.526. The van der Waals surface area contributed by atoms with Crippen molar-refractivity contribution in [1.29, 1.82) is 0 Å². The van der Waals surface area contributed by atoms with Crippen molar-refractivity contribution in [1.82, 2.24) is 0 Å². The Hall–Kier alpha value is 0.763. The van der Waals surface area contributed by atoms with E-state index in [1.165, 1.54) is 0 Å². The second kappa shape index (κ2) is 9.63. The van der Waals surface area contributed by atoms with Gasteiger partial charge in [0, 0.05) is 0 Å². The molecule has 4 heteroatoms. The Morgan fingerprint density at radius 1 is 0.667 bits per heavy atom. The van der Waals surface area contributed by atoms with Crippen LogP contribution in [0.3, 0.4) is 0 Å². The van der Waals surface area contributed by atoms with Crippen molar-refractivity contribution in [2.24, 2.45) is 17.8 Å². The Morgan fingerprint density at radius 3 is 1.11 bits per heavy atom. The maximum atomic E-state index is 6.11. The van der Waals surface area contributed by atoms with Crippen molar-refractivity contribution in [2.45, 2.75) is 52.6 Å². The van der Waals surface area contributed by atoms with Gasteiger partial charge in [-0.2, -0.15) is 0 Å². The standard InChI is InChI=1S/3C4H9O.C2H5.Zr/c3*1-4(2)3-5;1-2;/h3*4H,3H2,1-2H3;1H2,2H3;/q3*-1;;+3. The zero-order valence-corrected chi connectivity index (χ0v) is 15.7. The predicted octanol–water partition coefficient (Wildman–Crippen LogP) is 4.34. The second-order valence-corrected chi connectivity index (χ2v) is 13.4. The van der Waals surface area contributed by atoms with Crippen molar-refractivity contribution in [3.63, 3.8) is 0 Å². The van der Waals surface area contributed by atoms with Crippen LogP contribution in [0.2, 0.25) is 4.13 Å². The van der Waals surface area contributed by atoms with Gasteiger partial charge in [0.1, 0.15) is 0 Å². The van der Waals surface area contributed by atoms with Gasteiger partial charge in [-0.3, -0.25) is 0 Å². The third-order valence-corrected chi connectivity index (χ3v) is 8.94. The Bertz CT molecular complexity index is 174. The van der Waals surface area contributed by atoms with Crippen LogP contribution in [0.1, 0.15) is 48.5 Å². The van der Waals surface area contributed by atoms with Crippen LogP contribution >= 0.6 is 0 Å². The second-order valence-electron chi connectivity index (χ2n) is 6.15. The molecule has 0 heterocycles. The molecule has 0 unspecified atom stereocenters. The Morgan fingerprint density at radius 2 is 0.944 bits per heavy atom. The third kappa shape index (κ3) is 8.79. The summed E-state index contributed by atoms with van der Waals surface area (Å²) in [4.78, 5) is 0. The zero-order chi connectivity index (χ0) is 14.2. The fourth-order valence-corrected chi connectivity index (χ4v) is 7.76. The minimum atomic E-state index is -3.27. The van der Waals surface area contributed by atoms with E-state index in [0.717, 1.165) is 23.9 Å². The molecule has 0 rings (SSSR count). The number of rotatable bonds is 10. The Balaban J connectivity index is 4.49. The van der Waals surface area contributed by atoms with Gasteiger partial charge in [-0.15, -0.1) is 0 Å². The van der Waals surface area contributed by atoms with E-state index in [-0.39, 0.29) is 0 Å². The van der Waals surface area contributed by atoms with E-state index in [0.29, 0.717) is 17.8 Å². The van der Waals surface area contributed by atoms with E-state index in [1.54, 1.807) is 0 Å². The van der Waals surface area contributed by atoms with Crippen LogP contribution in [0.4, 0.5) is 0 Å². The van der Waals surface area contributed by atoms with Crippen LogP contribution in [0.5, 0.6) is 0 Å². The van der Waals surface area contributed by atoms with Crippen LogP contribution in [-0.4, -0.2) is 19.8 Å². The summed E-state index contributed by atoms with van der Waals surface area (Å²) in [5, 5.41) is 0. The summed E-state index contributed by atoms with van der Waals surface area (Å²) < 4.78 is 19.2. The zero-order valence-electron chi connectivity index (χ0n) is 13.3. The number of hydrogen-bond donors (Lipinski definition) is 0. The van der Waals surface area contributed by atoms with Gasteiger partial charge in [-0.25, -0.2) is 0 Å².